The van der Waals surface area contributed by atoms with Crippen LogP contribution in [0, 0.1) is 6.92 Å². The zero-order chi connectivity index (χ0) is 13.9. The molecule has 0 atom stereocenters. The van der Waals surface area contributed by atoms with E-state index < -0.39 is 0 Å². The highest BCUT2D eigenvalue weighted by atomic mass is 79.9. The number of amides is 1. The molecule has 18 heavy (non-hydrogen) atoms. The lowest BCUT2D eigenvalue weighted by atomic mass is 10.0. The zero-order valence-electron chi connectivity index (χ0n) is 11.1. The average molecular weight is 316 g/mol. The zero-order valence-corrected chi connectivity index (χ0v) is 12.7. The van der Waals surface area contributed by atoms with Crippen LogP contribution in [0.15, 0.2) is 15.5 Å². The summed E-state index contributed by atoms with van der Waals surface area (Å²) in [6.07, 6.45) is 2.27. The fraction of sp³-hybridized carbons (Fsp3) is 0.583. The van der Waals surface area contributed by atoms with Crippen LogP contribution < -0.4 is 10.9 Å². The summed E-state index contributed by atoms with van der Waals surface area (Å²) in [7, 11) is 0. The van der Waals surface area contributed by atoms with E-state index in [-0.39, 0.29) is 23.6 Å². The van der Waals surface area contributed by atoms with Crippen LogP contribution in [0.1, 0.15) is 33.0 Å². The van der Waals surface area contributed by atoms with E-state index in [0.717, 1.165) is 6.42 Å². The van der Waals surface area contributed by atoms with Crippen molar-refractivity contribution in [1.29, 1.82) is 0 Å². The van der Waals surface area contributed by atoms with Crippen molar-refractivity contribution in [3.05, 3.63) is 26.8 Å². The lowest BCUT2D eigenvalue weighted by molar-refractivity contribution is -0.123. The third-order valence-corrected chi connectivity index (χ3v) is 3.41. The molecule has 0 radical (unpaired) electrons. The van der Waals surface area contributed by atoms with Gasteiger partial charge < -0.3 is 5.32 Å². The van der Waals surface area contributed by atoms with E-state index in [1.54, 1.807) is 6.92 Å². The Bertz CT molecular complexity index is 509. The number of hydrogen-bond donors (Lipinski definition) is 1. The van der Waals surface area contributed by atoms with E-state index in [1.165, 1.54) is 10.8 Å². The number of carbonyl (C=O) groups excluding carboxylic acids is 1. The van der Waals surface area contributed by atoms with E-state index >= 15 is 0 Å². The number of halogens is 1. The first kappa shape index (κ1) is 14.9. The summed E-state index contributed by atoms with van der Waals surface area (Å²) >= 11 is 3.12. The minimum absolute atomic E-state index is 0.0134. The van der Waals surface area contributed by atoms with Gasteiger partial charge in [0.25, 0.3) is 5.56 Å². The largest absolute Gasteiger partial charge is 0.350 e. The standard InChI is InChI=1S/C12H18BrN3O2/c1-5-12(3,4)15-10(17)7-16-8(2)14-6-9(13)11(16)18/h6H,5,7H2,1-4H3,(H,15,17). The number of aryl methyl sites for hydroxylation is 1. The molecule has 0 fully saturated rings. The molecule has 1 amide bonds. The van der Waals surface area contributed by atoms with Crippen LogP contribution in [-0.2, 0) is 11.3 Å². The van der Waals surface area contributed by atoms with E-state index in [1.807, 2.05) is 20.8 Å². The Morgan fingerprint density at radius 1 is 1.56 bits per heavy atom. The van der Waals surface area contributed by atoms with E-state index in [2.05, 4.69) is 26.2 Å². The van der Waals surface area contributed by atoms with Gasteiger partial charge in [-0.3, -0.25) is 14.2 Å². The second kappa shape index (κ2) is 5.65. The Kier molecular flexibility index (Phi) is 4.67. The first-order valence-corrected chi connectivity index (χ1v) is 6.59. The van der Waals surface area contributed by atoms with Crippen molar-refractivity contribution < 1.29 is 4.79 Å². The van der Waals surface area contributed by atoms with E-state index in [4.69, 9.17) is 0 Å². The Hall–Kier alpha value is -1.17. The molecule has 0 saturated heterocycles. The molecule has 0 saturated carbocycles. The van der Waals surface area contributed by atoms with Gasteiger partial charge in [-0.1, -0.05) is 6.92 Å². The van der Waals surface area contributed by atoms with Gasteiger partial charge in [-0.2, -0.15) is 0 Å². The summed E-state index contributed by atoms with van der Waals surface area (Å²) < 4.78 is 1.71. The predicted octanol–water partition coefficient (Wildman–Crippen LogP) is 1.62. The molecule has 1 N–H and O–H groups in total. The van der Waals surface area contributed by atoms with Crippen molar-refractivity contribution in [2.45, 2.75) is 46.2 Å². The van der Waals surface area contributed by atoms with Crippen molar-refractivity contribution in [3.8, 4) is 0 Å². The smallest absolute Gasteiger partial charge is 0.268 e. The SMILES string of the molecule is CCC(C)(C)NC(=O)Cn1c(C)ncc(Br)c1=O. The van der Waals surface area contributed by atoms with Gasteiger partial charge in [0.05, 0.1) is 0 Å². The maximum Gasteiger partial charge on any atom is 0.268 e. The molecular weight excluding hydrogens is 298 g/mol. The summed E-state index contributed by atoms with van der Waals surface area (Å²) in [5, 5.41) is 2.89. The number of nitrogens with zero attached hydrogens (tertiary/aromatic N) is 2. The molecule has 100 valence electrons. The molecule has 6 heteroatoms. The minimum atomic E-state index is -0.270. The molecule has 0 aliphatic carbocycles. The summed E-state index contributed by atoms with van der Waals surface area (Å²) in [6.45, 7) is 7.57. The molecule has 0 aliphatic rings. The van der Waals surface area contributed by atoms with Gasteiger partial charge in [0.15, 0.2) is 0 Å². The summed E-state index contributed by atoms with van der Waals surface area (Å²) in [6, 6.07) is 0. The fourth-order valence-corrected chi connectivity index (χ4v) is 1.70. The molecule has 0 aromatic carbocycles. The van der Waals surface area contributed by atoms with Crippen molar-refractivity contribution in [1.82, 2.24) is 14.9 Å². The van der Waals surface area contributed by atoms with Crippen molar-refractivity contribution in [2.24, 2.45) is 0 Å². The second-order valence-electron chi connectivity index (χ2n) is 4.83. The van der Waals surface area contributed by atoms with Crippen molar-refractivity contribution in [2.75, 3.05) is 0 Å². The average Bonchev–Trinajstić information content (AvgIpc) is 2.29. The van der Waals surface area contributed by atoms with Gasteiger partial charge in [-0.25, -0.2) is 4.98 Å². The third kappa shape index (κ3) is 3.66. The molecule has 0 aliphatic heterocycles. The molecular formula is C12H18BrN3O2. The number of hydrogen-bond acceptors (Lipinski definition) is 3. The van der Waals surface area contributed by atoms with Crippen LogP contribution in [0.5, 0.6) is 0 Å². The normalized spacial score (nSPS) is 11.4. The van der Waals surface area contributed by atoms with Gasteiger partial charge in [-0.15, -0.1) is 0 Å². The quantitative estimate of drug-likeness (QED) is 0.918. The predicted molar refractivity (Wildman–Crippen MR) is 73.4 cm³/mol. The van der Waals surface area contributed by atoms with E-state index in [9.17, 15) is 9.59 Å². The molecule has 0 unspecified atom stereocenters. The van der Waals surface area contributed by atoms with Gasteiger partial charge in [0.2, 0.25) is 5.91 Å². The number of carbonyl (C=O) groups is 1. The van der Waals surface area contributed by atoms with E-state index in [0.29, 0.717) is 10.3 Å². The Balaban J connectivity index is 2.90. The van der Waals surface area contributed by atoms with Crippen LogP contribution in [0.2, 0.25) is 0 Å². The highest BCUT2D eigenvalue weighted by Crippen LogP contribution is 2.07. The third-order valence-electron chi connectivity index (χ3n) is 2.87. The molecule has 0 spiro atoms. The Morgan fingerprint density at radius 2 is 2.17 bits per heavy atom. The maximum atomic E-state index is 11.9. The topological polar surface area (TPSA) is 64.0 Å². The molecule has 0 bridgehead atoms. The van der Waals surface area contributed by atoms with Gasteiger partial charge >= 0.3 is 0 Å². The number of rotatable bonds is 4. The summed E-state index contributed by atoms with van der Waals surface area (Å²) in [5.41, 5.74) is -0.513. The number of aromatic nitrogens is 2. The van der Waals surface area contributed by atoms with Crippen LogP contribution >= 0.6 is 15.9 Å². The first-order chi connectivity index (χ1) is 8.26. The van der Waals surface area contributed by atoms with Crippen LogP contribution in [0.3, 0.4) is 0 Å². The number of nitrogens with one attached hydrogen (secondary N) is 1. The highest BCUT2D eigenvalue weighted by Gasteiger charge is 2.19. The second-order valence-corrected chi connectivity index (χ2v) is 5.68. The van der Waals surface area contributed by atoms with Crippen LogP contribution in [0.25, 0.3) is 0 Å². The van der Waals surface area contributed by atoms with Gasteiger partial charge in [0.1, 0.15) is 16.8 Å². The fourth-order valence-electron chi connectivity index (χ4n) is 1.39. The van der Waals surface area contributed by atoms with Gasteiger partial charge in [0, 0.05) is 11.7 Å². The van der Waals surface area contributed by atoms with Crippen molar-refractivity contribution >= 4 is 21.8 Å². The minimum Gasteiger partial charge on any atom is -0.350 e. The maximum absolute atomic E-state index is 11.9. The monoisotopic (exact) mass is 315 g/mol. The molecule has 1 aromatic rings. The molecule has 1 rings (SSSR count). The highest BCUT2D eigenvalue weighted by molar-refractivity contribution is 9.10. The lowest BCUT2D eigenvalue weighted by Crippen LogP contribution is -2.45. The Labute approximate surface area is 115 Å². The Morgan fingerprint density at radius 3 is 2.72 bits per heavy atom. The molecule has 1 aromatic heterocycles. The summed E-state index contributed by atoms with van der Waals surface area (Å²) in [4.78, 5) is 27.8. The van der Waals surface area contributed by atoms with Crippen LogP contribution in [0.4, 0.5) is 0 Å². The molecule has 1 heterocycles. The van der Waals surface area contributed by atoms with Gasteiger partial charge in [-0.05, 0) is 43.1 Å². The molecule has 5 nitrogen and oxygen atoms in total. The lowest BCUT2D eigenvalue weighted by Gasteiger charge is -2.24. The van der Waals surface area contributed by atoms with Crippen LogP contribution in [-0.4, -0.2) is 21.0 Å². The summed E-state index contributed by atoms with van der Waals surface area (Å²) in [5.74, 6) is 0.333. The first-order valence-electron chi connectivity index (χ1n) is 5.80. The van der Waals surface area contributed by atoms with Crippen molar-refractivity contribution in [3.63, 3.8) is 0 Å².